The molecule has 0 saturated carbocycles. The minimum absolute atomic E-state index is 0.131. The van der Waals surface area contributed by atoms with Crippen LogP contribution in [-0.2, 0) is 16.4 Å². The Bertz CT molecular complexity index is 1210. The first-order valence-electron chi connectivity index (χ1n) is 10.2. The number of urea groups is 1. The zero-order chi connectivity index (χ0) is 25.1. The Morgan fingerprint density at radius 1 is 1.15 bits per heavy atom. The lowest BCUT2D eigenvalue weighted by Crippen LogP contribution is -2.47. The van der Waals surface area contributed by atoms with Gasteiger partial charge in [0.05, 0.1) is 11.9 Å². The molecule has 0 spiro atoms. The average Bonchev–Trinajstić information content (AvgIpc) is 2.74. The second kappa shape index (κ2) is 10.1. The van der Waals surface area contributed by atoms with Crippen LogP contribution in [-0.4, -0.2) is 44.4 Å². The third-order valence-corrected chi connectivity index (χ3v) is 6.67. The Morgan fingerprint density at radius 3 is 2.38 bits per heavy atom. The minimum Gasteiger partial charge on any atom is -0.308 e. The van der Waals surface area contributed by atoms with Crippen LogP contribution in [0.15, 0.2) is 72.5 Å². The van der Waals surface area contributed by atoms with Gasteiger partial charge in [0.2, 0.25) is 10.0 Å². The molecular weight excluding hydrogens is 491 g/mol. The molecule has 3 rings (SSSR count). The summed E-state index contributed by atoms with van der Waals surface area (Å²) in [6, 6.07) is 9.88. The maximum absolute atomic E-state index is 13.3. The molecule has 6 nitrogen and oxygen atoms in total. The molecule has 0 saturated heterocycles. The first kappa shape index (κ1) is 25.6. The number of allylic oxidation sites excluding steroid dienone is 2. The van der Waals surface area contributed by atoms with E-state index in [-0.39, 0.29) is 12.2 Å². The zero-order valence-corrected chi connectivity index (χ0v) is 20.0. The summed E-state index contributed by atoms with van der Waals surface area (Å²) in [5.41, 5.74) is 1.85. The summed E-state index contributed by atoms with van der Waals surface area (Å²) in [5.74, 6) is 0. The highest BCUT2D eigenvalue weighted by Crippen LogP contribution is 2.30. The number of nitrogens with one attached hydrogen (secondary N) is 1. The molecule has 0 radical (unpaired) electrons. The van der Waals surface area contributed by atoms with E-state index >= 15 is 0 Å². The predicted octanol–water partition coefficient (Wildman–Crippen LogP) is 5.59. The summed E-state index contributed by atoms with van der Waals surface area (Å²) < 4.78 is 65.9. The molecule has 0 fully saturated rings. The standard InChI is InChI=1S/C23H23ClF3N3O3S/c1-16-7-12-21(23(25,26)27)29(15-16)22(31)28-18-8-10-19(11-9-18)30(34(2,32)33)14-13-17-5-3-4-6-20(17)24/h3-12,15,21H,13-14H2,1-2H3,(H,28,31). The zero-order valence-electron chi connectivity index (χ0n) is 18.4. The average molecular weight is 514 g/mol. The topological polar surface area (TPSA) is 69.7 Å². The van der Waals surface area contributed by atoms with Crippen LogP contribution in [0.1, 0.15) is 12.5 Å². The molecule has 1 N–H and O–H groups in total. The van der Waals surface area contributed by atoms with Crippen LogP contribution < -0.4 is 9.62 Å². The normalized spacial score (nSPS) is 16.2. The van der Waals surface area contributed by atoms with Crippen molar-refractivity contribution in [3.8, 4) is 0 Å². The highest BCUT2D eigenvalue weighted by molar-refractivity contribution is 7.92. The molecule has 2 aromatic rings. The molecule has 2 amide bonds. The van der Waals surface area contributed by atoms with E-state index in [1.54, 1.807) is 19.1 Å². The van der Waals surface area contributed by atoms with Crippen molar-refractivity contribution >= 4 is 39.0 Å². The number of carbonyl (C=O) groups is 1. The molecule has 1 heterocycles. The summed E-state index contributed by atoms with van der Waals surface area (Å²) in [6.45, 7) is 1.71. The number of nitrogens with zero attached hydrogens (tertiary/aromatic N) is 2. The quantitative estimate of drug-likeness (QED) is 0.547. The number of hydrogen-bond acceptors (Lipinski definition) is 3. The Hall–Kier alpha value is -2.98. The van der Waals surface area contributed by atoms with Gasteiger partial charge in [0.1, 0.15) is 0 Å². The number of alkyl halides is 3. The summed E-state index contributed by atoms with van der Waals surface area (Å²) >= 11 is 6.16. The van der Waals surface area contributed by atoms with E-state index in [2.05, 4.69) is 5.32 Å². The van der Waals surface area contributed by atoms with Crippen molar-refractivity contribution in [3.63, 3.8) is 0 Å². The summed E-state index contributed by atoms with van der Waals surface area (Å²) in [5, 5.41) is 2.96. The smallest absolute Gasteiger partial charge is 0.308 e. The summed E-state index contributed by atoms with van der Waals surface area (Å²) in [4.78, 5) is 13.1. The van der Waals surface area contributed by atoms with Gasteiger partial charge in [0.15, 0.2) is 6.04 Å². The van der Waals surface area contributed by atoms with Crippen molar-refractivity contribution in [2.75, 3.05) is 22.4 Å². The summed E-state index contributed by atoms with van der Waals surface area (Å²) in [7, 11) is -3.63. The molecule has 1 atom stereocenters. The number of halogens is 4. The van der Waals surface area contributed by atoms with Crippen LogP contribution in [0.25, 0.3) is 0 Å². The van der Waals surface area contributed by atoms with Crippen LogP contribution >= 0.6 is 11.6 Å². The molecule has 34 heavy (non-hydrogen) atoms. The molecule has 0 bridgehead atoms. The lowest BCUT2D eigenvalue weighted by Gasteiger charge is -2.31. The van der Waals surface area contributed by atoms with Crippen LogP contribution in [0.5, 0.6) is 0 Å². The molecule has 182 valence electrons. The van der Waals surface area contributed by atoms with Crippen molar-refractivity contribution in [1.29, 1.82) is 0 Å². The van der Waals surface area contributed by atoms with Gasteiger partial charge in [-0.25, -0.2) is 13.2 Å². The highest BCUT2D eigenvalue weighted by Gasteiger charge is 2.44. The number of hydrogen-bond donors (Lipinski definition) is 1. The van der Waals surface area contributed by atoms with E-state index < -0.39 is 28.3 Å². The molecule has 2 aromatic carbocycles. The van der Waals surface area contributed by atoms with E-state index in [4.69, 9.17) is 11.6 Å². The first-order chi connectivity index (χ1) is 15.9. The van der Waals surface area contributed by atoms with Crippen molar-refractivity contribution in [3.05, 3.63) is 83.0 Å². The molecule has 11 heteroatoms. The van der Waals surface area contributed by atoms with Crippen molar-refractivity contribution < 1.29 is 26.4 Å². The second-order valence-electron chi connectivity index (χ2n) is 7.78. The second-order valence-corrected chi connectivity index (χ2v) is 10.1. The maximum Gasteiger partial charge on any atom is 0.412 e. The third kappa shape index (κ3) is 6.32. The van der Waals surface area contributed by atoms with Gasteiger partial charge >= 0.3 is 12.2 Å². The van der Waals surface area contributed by atoms with E-state index in [9.17, 15) is 26.4 Å². The van der Waals surface area contributed by atoms with Crippen LogP contribution in [0, 0.1) is 0 Å². The number of amides is 2. The summed E-state index contributed by atoms with van der Waals surface area (Å²) in [6.07, 6.45) is 0.165. The van der Waals surface area contributed by atoms with Gasteiger partial charge in [-0.1, -0.05) is 42.0 Å². The van der Waals surface area contributed by atoms with Gasteiger partial charge in [-0.15, -0.1) is 0 Å². The molecular formula is C23H23ClF3N3O3S. The Balaban J connectivity index is 1.75. The number of anilines is 2. The highest BCUT2D eigenvalue weighted by atomic mass is 35.5. The molecule has 0 aromatic heterocycles. The number of rotatable bonds is 6. The molecule has 1 aliphatic rings. The van der Waals surface area contributed by atoms with Crippen molar-refractivity contribution in [2.24, 2.45) is 0 Å². The van der Waals surface area contributed by atoms with E-state index in [1.165, 1.54) is 34.6 Å². The lowest BCUT2D eigenvalue weighted by atomic mass is 10.1. The first-order valence-corrected chi connectivity index (χ1v) is 12.4. The van der Waals surface area contributed by atoms with E-state index in [0.717, 1.165) is 24.1 Å². The van der Waals surface area contributed by atoms with E-state index in [1.807, 2.05) is 12.1 Å². The Morgan fingerprint density at radius 2 is 1.79 bits per heavy atom. The Kier molecular flexibility index (Phi) is 7.62. The van der Waals surface area contributed by atoms with Crippen molar-refractivity contribution in [1.82, 2.24) is 4.90 Å². The fraction of sp³-hybridized carbons (Fsp3) is 0.261. The predicted molar refractivity (Wildman–Crippen MR) is 127 cm³/mol. The number of carbonyl (C=O) groups excluding carboxylic acids is 1. The monoisotopic (exact) mass is 513 g/mol. The molecule has 1 aliphatic heterocycles. The fourth-order valence-corrected chi connectivity index (χ4v) is 4.60. The van der Waals surface area contributed by atoms with Crippen LogP contribution in [0.4, 0.5) is 29.3 Å². The van der Waals surface area contributed by atoms with Crippen LogP contribution in [0.3, 0.4) is 0 Å². The van der Waals surface area contributed by atoms with E-state index in [0.29, 0.717) is 27.6 Å². The third-order valence-electron chi connectivity index (χ3n) is 5.10. The fourth-order valence-electron chi connectivity index (χ4n) is 3.44. The van der Waals surface area contributed by atoms with Gasteiger partial charge in [-0.2, -0.15) is 13.2 Å². The number of sulfonamides is 1. The molecule has 0 aliphatic carbocycles. The van der Waals surface area contributed by atoms with Gasteiger partial charge in [0, 0.05) is 23.5 Å². The largest absolute Gasteiger partial charge is 0.412 e. The van der Waals surface area contributed by atoms with Crippen LogP contribution in [0.2, 0.25) is 5.02 Å². The SMILES string of the molecule is CC1=CN(C(=O)Nc2ccc(N(CCc3ccccc3Cl)S(C)(=O)=O)cc2)C(C(F)(F)F)C=C1. The van der Waals surface area contributed by atoms with Gasteiger partial charge in [-0.3, -0.25) is 9.21 Å². The number of benzene rings is 2. The Labute approximate surface area is 201 Å². The lowest BCUT2D eigenvalue weighted by molar-refractivity contribution is -0.157. The van der Waals surface area contributed by atoms with Gasteiger partial charge in [-0.05, 0) is 54.8 Å². The minimum atomic E-state index is -4.63. The van der Waals surface area contributed by atoms with Gasteiger partial charge < -0.3 is 5.32 Å². The maximum atomic E-state index is 13.3. The van der Waals surface area contributed by atoms with Gasteiger partial charge in [0.25, 0.3) is 0 Å². The molecule has 1 unspecified atom stereocenters. The van der Waals surface area contributed by atoms with Crippen molar-refractivity contribution in [2.45, 2.75) is 25.6 Å².